The average molecular weight is 338 g/mol. The quantitative estimate of drug-likeness (QED) is 0.262. The van der Waals surface area contributed by atoms with Crippen LogP contribution in [-0.4, -0.2) is 18.3 Å². The molecule has 0 N–H and O–H groups in total. The van der Waals surface area contributed by atoms with Gasteiger partial charge in [0.1, 0.15) is 6.17 Å². The maximum absolute atomic E-state index is 12.8. The Morgan fingerprint density at radius 3 is 1.70 bits per heavy atom. The fourth-order valence-corrected chi connectivity index (χ4v) is 1.48. The van der Waals surface area contributed by atoms with Crippen LogP contribution >= 0.6 is 0 Å². The number of unbranched alkanes of at least 4 members (excludes halogenated alkanes) is 4. The van der Waals surface area contributed by atoms with Gasteiger partial charge in [0.05, 0.1) is 6.43 Å². The second-order valence-corrected chi connectivity index (χ2v) is 4.27. The summed E-state index contributed by atoms with van der Waals surface area (Å²) < 4.78 is 96.1. The Morgan fingerprint density at radius 1 is 0.800 bits per heavy atom. The minimum atomic E-state index is -4.74. The van der Waals surface area contributed by atoms with Gasteiger partial charge in [0.25, 0.3) is 0 Å². The molecule has 1 unspecified atom stereocenters. The molecule has 0 aromatic carbocycles. The van der Waals surface area contributed by atoms with E-state index in [4.69, 9.17) is 0 Å². The molecule has 9 heteroatoms. The van der Waals surface area contributed by atoms with Crippen molar-refractivity contribution in [3.8, 4) is 0 Å². The Labute approximate surface area is 155 Å². The molecule has 0 saturated heterocycles. The summed E-state index contributed by atoms with van der Waals surface area (Å²) >= 11 is 0. The third-order valence-corrected chi connectivity index (χ3v) is 2.56. The summed E-state index contributed by atoms with van der Waals surface area (Å²) in [7, 11) is 0. The Morgan fingerprint density at radius 2 is 1.25 bits per heavy atom. The van der Waals surface area contributed by atoms with Gasteiger partial charge in [0.15, 0.2) is 0 Å². The number of alkyl halides is 6. The fourth-order valence-electron chi connectivity index (χ4n) is 1.48. The van der Waals surface area contributed by atoms with Crippen LogP contribution in [0.1, 0.15) is 44.9 Å². The molecule has 0 aliphatic carbocycles. The molecule has 0 amide bonds. The molecule has 0 aromatic heterocycles. The van der Waals surface area contributed by atoms with E-state index in [1.807, 2.05) is 0 Å². The Hall–Kier alpha value is 1.08. The maximum Gasteiger partial charge on any atom is 1.00 e. The first kappa shape index (κ1) is 23.3. The van der Waals surface area contributed by atoms with Crippen molar-refractivity contribution in [3.63, 3.8) is 0 Å². The van der Waals surface area contributed by atoms with Gasteiger partial charge < -0.3 is 8.78 Å². The summed E-state index contributed by atoms with van der Waals surface area (Å²) in [5.41, 5.74) is 0. The molecule has 0 radical (unpaired) electrons. The van der Waals surface area contributed by atoms with E-state index in [2.05, 4.69) is 0 Å². The predicted molar refractivity (Wildman–Crippen MR) is 53.7 cm³/mol. The van der Waals surface area contributed by atoms with E-state index in [0.29, 0.717) is 6.42 Å². The average Bonchev–Trinajstić information content (AvgIpc) is 2.25. The zero-order valence-corrected chi connectivity index (χ0v) is 14.2. The first-order valence-electron chi connectivity index (χ1n) is 5.84. The van der Waals surface area contributed by atoms with Gasteiger partial charge in [0.2, 0.25) is 5.92 Å². The first-order chi connectivity index (χ1) is 8.57. The monoisotopic (exact) mass is 338 g/mol. The maximum atomic E-state index is 12.8. The van der Waals surface area contributed by atoms with Crippen molar-refractivity contribution in [2.45, 2.75) is 63.2 Å². The molecule has 0 rings (SSSR count). The molecule has 0 fully saturated rings. The molecule has 20 heavy (non-hydrogen) atoms. The minimum Gasteiger partial charge on any atom is -0.415 e. The summed E-state index contributed by atoms with van der Waals surface area (Å²) in [5.74, 6) is -4.74. The van der Waals surface area contributed by atoms with Gasteiger partial charge in [-0.2, -0.15) is 13.2 Å². The first-order valence-corrected chi connectivity index (χ1v) is 5.84. The summed E-state index contributed by atoms with van der Waals surface area (Å²) in [5, 5.41) is 0. The summed E-state index contributed by atoms with van der Waals surface area (Å²) in [4.78, 5) is 0. The zero-order chi connectivity index (χ0) is 15.1. The van der Waals surface area contributed by atoms with E-state index in [9.17, 15) is 35.1 Å². The van der Waals surface area contributed by atoms with Gasteiger partial charge in [0, 0.05) is 6.42 Å². The molecular formula is C11H15F8K. The van der Waals surface area contributed by atoms with Crippen LogP contribution in [-0.2, 0) is 0 Å². The zero-order valence-electron chi connectivity index (χ0n) is 11.1. The van der Waals surface area contributed by atoms with Crippen LogP contribution in [0.2, 0.25) is 0 Å². The predicted octanol–water partition coefficient (Wildman–Crippen LogP) is 2.69. The van der Waals surface area contributed by atoms with Crippen molar-refractivity contribution >= 4 is 0 Å². The van der Waals surface area contributed by atoms with Crippen LogP contribution in [0.4, 0.5) is 35.1 Å². The van der Waals surface area contributed by atoms with Gasteiger partial charge >= 0.3 is 57.6 Å². The Kier molecular flexibility index (Phi) is 12.5. The fraction of sp³-hybridized carbons (Fsp3) is 0.909. The largest absolute Gasteiger partial charge is 1.00 e. The normalized spacial score (nSPS) is 14.2. The minimum absolute atomic E-state index is 0. The van der Waals surface area contributed by atoms with Gasteiger partial charge in [-0.3, -0.25) is 0 Å². The van der Waals surface area contributed by atoms with E-state index in [0.717, 1.165) is 0 Å². The van der Waals surface area contributed by atoms with Gasteiger partial charge in [-0.15, -0.1) is 0 Å². The molecule has 0 aliphatic heterocycles. The van der Waals surface area contributed by atoms with E-state index < -0.39 is 37.5 Å². The van der Waals surface area contributed by atoms with Crippen LogP contribution < -0.4 is 51.4 Å². The topological polar surface area (TPSA) is 0 Å². The molecule has 0 saturated carbocycles. The van der Waals surface area contributed by atoms with Crippen LogP contribution in [0, 0.1) is 6.43 Å². The Bertz CT molecular complexity index is 241. The van der Waals surface area contributed by atoms with Crippen molar-refractivity contribution in [2.75, 3.05) is 0 Å². The van der Waals surface area contributed by atoms with Crippen molar-refractivity contribution in [3.05, 3.63) is 6.43 Å². The number of rotatable bonds is 9. The summed E-state index contributed by atoms with van der Waals surface area (Å²) in [6, 6.07) is 0. The van der Waals surface area contributed by atoms with Crippen molar-refractivity contribution in [1.82, 2.24) is 0 Å². The van der Waals surface area contributed by atoms with Crippen LogP contribution in [0.3, 0.4) is 0 Å². The third kappa shape index (κ3) is 10.8. The molecular weight excluding hydrogens is 323 g/mol. The molecule has 0 bridgehead atoms. The van der Waals surface area contributed by atoms with E-state index >= 15 is 0 Å². The van der Waals surface area contributed by atoms with E-state index in [-0.39, 0.29) is 77.1 Å². The SMILES string of the molecule is F[C-](F)C(F)(F)C(F)CCCCCCCC(F)(F)F.[K+]. The number of halogens is 8. The molecule has 0 aliphatic rings. The molecule has 0 aromatic rings. The van der Waals surface area contributed by atoms with E-state index in [1.54, 1.807) is 0 Å². The molecule has 0 spiro atoms. The van der Waals surface area contributed by atoms with Crippen LogP contribution in [0.25, 0.3) is 0 Å². The standard InChI is InChI=1S/C11H15F8.K/c12-8(11(18,19)9(13)14)6-4-2-1-3-5-7-10(15,16)17;/h8H,1-7H2;/q-1;+1. The van der Waals surface area contributed by atoms with Crippen molar-refractivity contribution in [1.29, 1.82) is 0 Å². The second-order valence-electron chi connectivity index (χ2n) is 4.27. The molecule has 116 valence electrons. The summed E-state index contributed by atoms with van der Waals surface area (Å²) in [6.45, 7) is 0. The van der Waals surface area contributed by atoms with Gasteiger partial charge in [-0.05, 0) is 12.8 Å². The molecule has 0 nitrogen and oxygen atoms in total. The third-order valence-electron chi connectivity index (χ3n) is 2.56. The number of hydrogen-bond acceptors (Lipinski definition) is 0. The summed E-state index contributed by atoms with van der Waals surface area (Å²) in [6.07, 6.45) is -11.4. The molecule has 1 atom stereocenters. The second kappa shape index (κ2) is 10.7. The number of hydrogen-bond donors (Lipinski definition) is 0. The van der Waals surface area contributed by atoms with Crippen LogP contribution in [0.5, 0.6) is 0 Å². The van der Waals surface area contributed by atoms with Gasteiger partial charge in [-0.1, -0.05) is 25.7 Å². The van der Waals surface area contributed by atoms with Crippen molar-refractivity contribution in [2.24, 2.45) is 0 Å². The van der Waals surface area contributed by atoms with Crippen LogP contribution in [0.15, 0.2) is 0 Å². The Balaban J connectivity index is 0. The van der Waals surface area contributed by atoms with E-state index in [1.165, 1.54) is 0 Å². The molecule has 0 heterocycles. The van der Waals surface area contributed by atoms with Gasteiger partial charge in [-0.25, -0.2) is 13.2 Å². The van der Waals surface area contributed by atoms with Crippen molar-refractivity contribution < 1.29 is 86.5 Å². The smallest absolute Gasteiger partial charge is 0.415 e.